The summed E-state index contributed by atoms with van der Waals surface area (Å²) in [6, 6.07) is 14.8. The molecule has 30 heavy (non-hydrogen) atoms. The van der Waals surface area contributed by atoms with Gasteiger partial charge in [0.15, 0.2) is 6.61 Å². The molecule has 0 bridgehead atoms. The molecule has 1 aliphatic heterocycles. The van der Waals surface area contributed by atoms with Gasteiger partial charge >= 0.3 is 0 Å². The van der Waals surface area contributed by atoms with E-state index in [1.807, 2.05) is 47.9 Å². The number of rotatable bonds is 5. The third kappa shape index (κ3) is 4.08. The van der Waals surface area contributed by atoms with Crippen LogP contribution in [0, 0.1) is 31.0 Å². The first-order valence-electron chi connectivity index (χ1n) is 9.89. The van der Waals surface area contributed by atoms with Crippen LogP contribution in [0.4, 0.5) is 16.0 Å². The zero-order valence-electron chi connectivity index (χ0n) is 17.1. The van der Waals surface area contributed by atoms with E-state index < -0.39 is 0 Å². The summed E-state index contributed by atoms with van der Waals surface area (Å²) in [5.41, 5.74) is 3.04. The Bertz CT molecular complexity index is 1080. The summed E-state index contributed by atoms with van der Waals surface area (Å²) in [5, 5.41) is 9.49. The van der Waals surface area contributed by atoms with Crippen molar-refractivity contribution in [1.29, 1.82) is 5.26 Å². The standard InChI is InChI=1S/C23H23FN4O2/c1-16-7-8-21(17(2)13-16)29-15-22-26-19(14-25)23(30-22)28-11-9-27(10-12-28)20-6-4-3-5-18(20)24/h3-8,13H,9-12,15H2,1-2H3. The lowest BCUT2D eigenvalue weighted by Crippen LogP contribution is -2.47. The summed E-state index contributed by atoms with van der Waals surface area (Å²) in [5.74, 6) is 1.34. The van der Waals surface area contributed by atoms with Gasteiger partial charge in [-0.05, 0) is 37.6 Å². The van der Waals surface area contributed by atoms with E-state index in [2.05, 4.69) is 11.1 Å². The lowest BCUT2D eigenvalue weighted by Gasteiger charge is -2.36. The van der Waals surface area contributed by atoms with E-state index in [-0.39, 0.29) is 18.1 Å². The molecule has 0 unspecified atom stereocenters. The minimum absolute atomic E-state index is 0.147. The zero-order valence-corrected chi connectivity index (χ0v) is 17.1. The molecule has 0 atom stereocenters. The molecule has 1 aromatic heterocycles. The van der Waals surface area contributed by atoms with Crippen LogP contribution < -0.4 is 14.5 Å². The van der Waals surface area contributed by atoms with E-state index in [9.17, 15) is 9.65 Å². The highest BCUT2D eigenvalue weighted by molar-refractivity contribution is 5.52. The molecule has 2 aromatic carbocycles. The number of aromatic nitrogens is 1. The largest absolute Gasteiger partial charge is 0.484 e. The van der Waals surface area contributed by atoms with Crippen LogP contribution >= 0.6 is 0 Å². The number of halogens is 1. The normalized spacial score (nSPS) is 13.9. The third-order valence-electron chi connectivity index (χ3n) is 5.20. The van der Waals surface area contributed by atoms with Gasteiger partial charge in [-0.2, -0.15) is 10.2 Å². The van der Waals surface area contributed by atoms with Crippen LogP contribution in [0.2, 0.25) is 0 Å². The van der Waals surface area contributed by atoms with Gasteiger partial charge in [-0.15, -0.1) is 0 Å². The average Bonchev–Trinajstić information content (AvgIpc) is 3.17. The van der Waals surface area contributed by atoms with E-state index in [4.69, 9.17) is 9.15 Å². The van der Waals surface area contributed by atoms with E-state index >= 15 is 0 Å². The summed E-state index contributed by atoms with van der Waals surface area (Å²) < 4.78 is 25.8. The van der Waals surface area contributed by atoms with Gasteiger partial charge in [0.1, 0.15) is 17.6 Å². The number of benzene rings is 2. The summed E-state index contributed by atoms with van der Waals surface area (Å²) in [7, 11) is 0. The van der Waals surface area contributed by atoms with Crippen LogP contribution in [0.15, 0.2) is 46.9 Å². The van der Waals surface area contributed by atoms with Gasteiger partial charge in [-0.25, -0.2) is 4.39 Å². The van der Waals surface area contributed by atoms with E-state index in [0.29, 0.717) is 43.6 Å². The molecule has 3 aromatic rings. The molecular formula is C23H23FN4O2. The van der Waals surface area contributed by atoms with E-state index in [0.717, 1.165) is 11.3 Å². The fourth-order valence-electron chi connectivity index (χ4n) is 3.66. The van der Waals surface area contributed by atoms with Crippen LogP contribution in [0.5, 0.6) is 5.75 Å². The summed E-state index contributed by atoms with van der Waals surface area (Å²) in [6.45, 7) is 6.63. The van der Waals surface area contributed by atoms with Crippen molar-refractivity contribution in [2.45, 2.75) is 20.5 Å². The van der Waals surface area contributed by atoms with Gasteiger partial charge in [-0.3, -0.25) is 0 Å². The van der Waals surface area contributed by atoms with Crippen LogP contribution in [0.25, 0.3) is 0 Å². The molecule has 0 saturated carbocycles. The molecule has 0 radical (unpaired) electrons. The van der Waals surface area contributed by atoms with Gasteiger partial charge in [0, 0.05) is 26.2 Å². The number of piperazine rings is 1. The summed E-state index contributed by atoms with van der Waals surface area (Å²) >= 11 is 0. The smallest absolute Gasteiger partial charge is 0.236 e. The topological polar surface area (TPSA) is 65.5 Å². The molecule has 0 aliphatic carbocycles. The SMILES string of the molecule is Cc1ccc(OCc2nc(C#N)c(N3CCN(c4ccccc4F)CC3)o2)c(C)c1. The fourth-order valence-corrected chi connectivity index (χ4v) is 3.66. The maximum absolute atomic E-state index is 14.1. The van der Waals surface area contributed by atoms with Crippen LogP contribution in [0.1, 0.15) is 22.7 Å². The van der Waals surface area contributed by atoms with Crippen LogP contribution in [-0.4, -0.2) is 31.2 Å². The Morgan fingerprint density at radius 2 is 1.83 bits per heavy atom. The minimum Gasteiger partial charge on any atom is -0.484 e. The third-order valence-corrected chi connectivity index (χ3v) is 5.20. The van der Waals surface area contributed by atoms with Gasteiger partial charge in [0.2, 0.25) is 17.5 Å². The molecule has 0 N–H and O–H groups in total. The Kier molecular flexibility index (Phi) is 5.57. The second kappa shape index (κ2) is 8.46. The van der Waals surface area contributed by atoms with E-state index in [1.165, 1.54) is 11.6 Å². The second-order valence-corrected chi connectivity index (χ2v) is 7.36. The summed E-state index contributed by atoms with van der Waals surface area (Å²) in [6.07, 6.45) is 0. The van der Waals surface area contributed by atoms with Gasteiger partial charge < -0.3 is 19.0 Å². The monoisotopic (exact) mass is 406 g/mol. The summed E-state index contributed by atoms with van der Waals surface area (Å²) in [4.78, 5) is 8.26. The highest BCUT2D eigenvalue weighted by Crippen LogP contribution is 2.27. The first kappa shape index (κ1) is 19.8. The number of oxazole rings is 1. The Morgan fingerprint density at radius 1 is 1.10 bits per heavy atom. The number of ether oxygens (including phenoxy) is 1. The number of anilines is 2. The molecule has 1 fully saturated rings. The quantitative estimate of drug-likeness (QED) is 0.633. The van der Waals surface area contributed by atoms with Crippen molar-refractivity contribution in [3.8, 4) is 11.8 Å². The number of nitrogens with zero attached hydrogens (tertiary/aromatic N) is 4. The van der Waals surface area contributed by atoms with Gasteiger partial charge in [0.25, 0.3) is 0 Å². The number of hydrogen-bond donors (Lipinski definition) is 0. The first-order valence-corrected chi connectivity index (χ1v) is 9.89. The van der Waals surface area contributed by atoms with Crippen molar-refractivity contribution >= 4 is 11.6 Å². The Balaban J connectivity index is 1.43. The van der Waals surface area contributed by atoms with Crippen molar-refractivity contribution in [2.75, 3.05) is 36.0 Å². The molecule has 0 spiro atoms. The lowest BCUT2D eigenvalue weighted by atomic mass is 10.1. The van der Waals surface area contributed by atoms with Crippen molar-refractivity contribution in [3.05, 3.63) is 71.0 Å². The molecule has 0 amide bonds. The number of nitriles is 1. The van der Waals surface area contributed by atoms with Crippen molar-refractivity contribution in [3.63, 3.8) is 0 Å². The fraction of sp³-hybridized carbons (Fsp3) is 0.304. The molecule has 1 aliphatic rings. The highest BCUT2D eigenvalue weighted by atomic mass is 19.1. The molecule has 4 rings (SSSR count). The maximum atomic E-state index is 14.1. The van der Waals surface area contributed by atoms with Crippen molar-refractivity contribution < 1.29 is 13.5 Å². The number of para-hydroxylation sites is 1. The second-order valence-electron chi connectivity index (χ2n) is 7.36. The van der Waals surface area contributed by atoms with E-state index in [1.54, 1.807) is 12.1 Å². The molecular weight excluding hydrogens is 383 g/mol. The van der Waals surface area contributed by atoms with Crippen LogP contribution in [0.3, 0.4) is 0 Å². The molecule has 1 saturated heterocycles. The molecule has 2 heterocycles. The Labute approximate surface area is 175 Å². The van der Waals surface area contributed by atoms with Gasteiger partial charge in [-0.1, -0.05) is 29.8 Å². The first-order chi connectivity index (χ1) is 14.5. The maximum Gasteiger partial charge on any atom is 0.236 e. The lowest BCUT2D eigenvalue weighted by molar-refractivity contribution is 0.262. The van der Waals surface area contributed by atoms with Crippen LogP contribution in [-0.2, 0) is 6.61 Å². The highest BCUT2D eigenvalue weighted by Gasteiger charge is 2.25. The zero-order chi connectivity index (χ0) is 21.1. The molecule has 154 valence electrons. The minimum atomic E-state index is -0.228. The van der Waals surface area contributed by atoms with Gasteiger partial charge in [0.05, 0.1) is 5.69 Å². The van der Waals surface area contributed by atoms with Crippen molar-refractivity contribution in [1.82, 2.24) is 4.98 Å². The molecule has 6 nitrogen and oxygen atoms in total. The predicted molar refractivity (Wildman–Crippen MR) is 112 cm³/mol. The average molecular weight is 406 g/mol. The number of hydrogen-bond acceptors (Lipinski definition) is 6. The Hall–Kier alpha value is -3.53. The van der Waals surface area contributed by atoms with Crippen molar-refractivity contribution in [2.24, 2.45) is 0 Å². The number of aryl methyl sites for hydroxylation is 2. The molecule has 7 heteroatoms. The Morgan fingerprint density at radius 3 is 2.53 bits per heavy atom. The predicted octanol–water partition coefficient (Wildman–Crippen LogP) is 4.21.